The van der Waals surface area contributed by atoms with E-state index in [1.54, 1.807) is 19.2 Å². The minimum absolute atomic E-state index is 0.133. The van der Waals surface area contributed by atoms with Crippen LogP contribution in [0.15, 0.2) is 36.7 Å². The Hall–Kier alpha value is -2.63. The van der Waals surface area contributed by atoms with Crippen LogP contribution in [0, 0.1) is 5.41 Å². The number of amidine groups is 1. The lowest BCUT2D eigenvalue weighted by atomic mass is 10.3. The minimum Gasteiger partial charge on any atom is -0.493 e. The largest absolute Gasteiger partial charge is 0.493 e. The van der Waals surface area contributed by atoms with E-state index in [-0.39, 0.29) is 5.84 Å². The molecule has 0 spiro atoms. The van der Waals surface area contributed by atoms with Gasteiger partial charge in [0, 0.05) is 0 Å². The Labute approximate surface area is 104 Å². The van der Waals surface area contributed by atoms with Gasteiger partial charge in [0.25, 0.3) is 0 Å². The third-order valence-corrected chi connectivity index (χ3v) is 2.19. The van der Waals surface area contributed by atoms with Crippen LogP contribution < -0.4 is 15.2 Å². The van der Waals surface area contributed by atoms with Crippen molar-refractivity contribution in [2.75, 3.05) is 7.11 Å². The molecule has 3 N–H and O–H groups in total. The van der Waals surface area contributed by atoms with Crippen LogP contribution in [-0.4, -0.2) is 22.9 Å². The molecule has 92 valence electrons. The first kappa shape index (κ1) is 11.8. The zero-order valence-electron chi connectivity index (χ0n) is 9.75. The summed E-state index contributed by atoms with van der Waals surface area (Å²) in [5, 5.41) is 7.21. The Bertz CT molecular complexity index is 554. The molecular weight excluding hydrogens is 232 g/mol. The molecule has 0 radical (unpaired) electrons. The van der Waals surface area contributed by atoms with E-state index in [9.17, 15) is 0 Å². The second-order valence-corrected chi connectivity index (χ2v) is 3.41. The molecule has 1 aromatic heterocycles. The van der Waals surface area contributed by atoms with Gasteiger partial charge in [-0.25, -0.2) is 9.97 Å². The van der Waals surface area contributed by atoms with Gasteiger partial charge in [-0.3, -0.25) is 5.41 Å². The molecule has 0 aliphatic heterocycles. The van der Waals surface area contributed by atoms with Gasteiger partial charge in [0.1, 0.15) is 11.5 Å². The van der Waals surface area contributed by atoms with Crippen molar-refractivity contribution in [2.45, 2.75) is 0 Å². The fourth-order valence-electron chi connectivity index (χ4n) is 1.32. The summed E-state index contributed by atoms with van der Waals surface area (Å²) in [5.74, 6) is 1.33. The highest BCUT2D eigenvalue weighted by molar-refractivity contribution is 5.92. The normalized spacial score (nSPS) is 9.83. The minimum atomic E-state index is -0.133. The van der Waals surface area contributed by atoms with Crippen LogP contribution in [0.25, 0.3) is 0 Å². The smallest absolute Gasteiger partial charge is 0.238 e. The van der Waals surface area contributed by atoms with Gasteiger partial charge in [0.15, 0.2) is 11.5 Å². The summed E-state index contributed by atoms with van der Waals surface area (Å²) in [4.78, 5) is 7.96. The highest BCUT2D eigenvalue weighted by atomic mass is 16.5. The van der Waals surface area contributed by atoms with Crippen molar-refractivity contribution in [1.82, 2.24) is 9.97 Å². The molecule has 2 aromatic rings. The fourth-order valence-corrected chi connectivity index (χ4v) is 1.32. The Balaban J connectivity index is 2.21. The molecule has 0 saturated heterocycles. The SMILES string of the molecule is COc1ccccc1Oc1cnc(C(=N)N)cn1. The molecule has 0 fully saturated rings. The average molecular weight is 244 g/mol. The standard InChI is InChI=1S/C12H12N4O2/c1-17-9-4-2-3-5-10(9)18-11-7-15-8(6-16-11)12(13)14/h2-7H,1H3,(H3,13,14). The Morgan fingerprint density at radius 1 is 1.17 bits per heavy atom. The number of nitrogen functional groups attached to an aromatic ring is 1. The molecule has 0 saturated carbocycles. The Morgan fingerprint density at radius 3 is 2.44 bits per heavy atom. The number of hydrogen-bond acceptors (Lipinski definition) is 5. The maximum atomic E-state index is 7.21. The van der Waals surface area contributed by atoms with Crippen molar-refractivity contribution in [1.29, 1.82) is 5.41 Å². The van der Waals surface area contributed by atoms with Crippen molar-refractivity contribution in [3.05, 3.63) is 42.4 Å². The van der Waals surface area contributed by atoms with Crippen molar-refractivity contribution in [3.8, 4) is 17.4 Å². The lowest BCUT2D eigenvalue weighted by molar-refractivity contribution is 0.373. The summed E-state index contributed by atoms with van der Waals surface area (Å²) in [7, 11) is 1.56. The van der Waals surface area contributed by atoms with Crippen LogP contribution in [0.4, 0.5) is 0 Å². The molecule has 0 unspecified atom stereocenters. The first-order valence-electron chi connectivity index (χ1n) is 5.18. The highest BCUT2D eigenvalue weighted by Gasteiger charge is 2.06. The Morgan fingerprint density at radius 2 is 1.89 bits per heavy atom. The molecule has 1 heterocycles. The number of rotatable bonds is 4. The van der Waals surface area contributed by atoms with Crippen molar-refractivity contribution in [2.24, 2.45) is 5.73 Å². The van der Waals surface area contributed by atoms with Gasteiger partial charge in [0.05, 0.1) is 19.5 Å². The number of methoxy groups -OCH3 is 1. The molecule has 0 aliphatic carbocycles. The van der Waals surface area contributed by atoms with E-state index in [0.717, 1.165) is 0 Å². The fraction of sp³-hybridized carbons (Fsp3) is 0.0833. The van der Waals surface area contributed by atoms with Crippen LogP contribution in [0.3, 0.4) is 0 Å². The number of ether oxygens (including phenoxy) is 2. The van der Waals surface area contributed by atoms with Crippen LogP contribution in [0.2, 0.25) is 0 Å². The first-order chi connectivity index (χ1) is 8.70. The lowest BCUT2D eigenvalue weighted by Crippen LogP contribution is -2.13. The van der Waals surface area contributed by atoms with Crippen molar-refractivity contribution >= 4 is 5.84 Å². The molecule has 2 rings (SSSR count). The Kier molecular flexibility index (Phi) is 3.38. The molecule has 6 nitrogen and oxygen atoms in total. The quantitative estimate of drug-likeness (QED) is 0.628. The van der Waals surface area contributed by atoms with Gasteiger partial charge in [-0.05, 0) is 12.1 Å². The number of aromatic nitrogens is 2. The number of nitrogens with zero attached hydrogens (tertiary/aromatic N) is 2. The predicted molar refractivity (Wildman–Crippen MR) is 66.1 cm³/mol. The van der Waals surface area contributed by atoms with Crippen molar-refractivity contribution in [3.63, 3.8) is 0 Å². The van der Waals surface area contributed by atoms with Gasteiger partial charge in [-0.1, -0.05) is 12.1 Å². The van der Waals surface area contributed by atoms with Gasteiger partial charge in [-0.15, -0.1) is 0 Å². The first-order valence-corrected chi connectivity index (χ1v) is 5.18. The summed E-state index contributed by atoms with van der Waals surface area (Å²) < 4.78 is 10.7. The number of hydrogen-bond donors (Lipinski definition) is 2. The van der Waals surface area contributed by atoms with Crippen LogP contribution in [0.1, 0.15) is 5.69 Å². The lowest BCUT2D eigenvalue weighted by Gasteiger charge is -2.08. The highest BCUT2D eigenvalue weighted by Crippen LogP contribution is 2.29. The molecule has 6 heteroatoms. The van der Waals surface area contributed by atoms with E-state index >= 15 is 0 Å². The van der Waals surface area contributed by atoms with E-state index in [1.807, 2.05) is 12.1 Å². The molecule has 0 aliphatic rings. The number of nitrogens with two attached hydrogens (primary N) is 1. The zero-order valence-corrected chi connectivity index (χ0v) is 9.75. The monoisotopic (exact) mass is 244 g/mol. The third kappa shape index (κ3) is 2.54. The van der Waals surface area contributed by atoms with E-state index in [1.165, 1.54) is 12.4 Å². The number of benzene rings is 1. The van der Waals surface area contributed by atoms with Gasteiger partial charge < -0.3 is 15.2 Å². The topological polar surface area (TPSA) is 94.1 Å². The maximum Gasteiger partial charge on any atom is 0.238 e. The van der Waals surface area contributed by atoms with Gasteiger partial charge >= 0.3 is 0 Å². The summed E-state index contributed by atoms with van der Waals surface area (Å²) in [6.07, 6.45) is 2.79. The van der Waals surface area contributed by atoms with Crippen LogP contribution in [0.5, 0.6) is 17.4 Å². The predicted octanol–water partition coefficient (Wildman–Crippen LogP) is 1.56. The van der Waals surface area contributed by atoms with Crippen LogP contribution >= 0.6 is 0 Å². The number of para-hydroxylation sites is 2. The average Bonchev–Trinajstić information content (AvgIpc) is 2.40. The second-order valence-electron chi connectivity index (χ2n) is 3.41. The summed E-state index contributed by atoms with van der Waals surface area (Å²) in [6, 6.07) is 7.22. The van der Waals surface area contributed by atoms with Gasteiger partial charge in [0.2, 0.25) is 5.88 Å². The van der Waals surface area contributed by atoms with Crippen molar-refractivity contribution < 1.29 is 9.47 Å². The van der Waals surface area contributed by atoms with Crippen LogP contribution in [-0.2, 0) is 0 Å². The molecule has 1 aromatic carbocycles. The van der Waals surface area contributed by atoms with Gasteiger partial charge in [-0.2, -0.15) is 0 Å². The van der Waals surface area contributed by atoms with E-state index in [4.69, 9.17) is 20.6 Å². The molecule has 0 amide bonds. The van der Waals surface area contributed by atoms with E-state index in [0.29, 0.717) is 23.1 Å². The maximum absolute atomic E-state index is 7.21. The molecule has 0 bridgehead atoms. The van der Waals surface area contributed by atoms with E-state index < -0.39 is 0 Å². The molecular formula is C12H12N4O2. The summed E-state index contributed by atoms with van der Waals surface area (Å²) in [5.41, 5.74) is 5.59. The van der Waals surface area contributed by atoms with E-state index in [2.05, 4.69) is 9.97 Å². The zero-order chi connectivity index (χ0) is 13.0. The summed E-state index contributed by atoms with van der Waals surface area (Å²) in [6.45, 7) is 0. The summed E-state index contributed by atoms with van der Waals surface area (Å²) >= 11 is 0. The second kappa shape index (κ2) is 5.13. The number of nitrogens with one attached hydrogen (secondary N) is 1. The molecule has 0 atom stereocenters. The molecule has 18 heavy (non-hydrogen) atoms. The third-order valence-electron chi connectivity index (χ3n) is 2.19.